The molecule has 9 heteroatoms. The van der Waals surface area contributed by atoms with E-state index >= 15 is 0 Å². The Balaban J connectivity index is 1.70. The van der Waals surface area contributed by atoms with Crippen LogP contribution in [-0.4, -0.2) is 96.7 Å². The van der Waals surface area contributed by atoms with Gasteiger partial charge in [0.2, 0.25) is 5.91 Å². The fourth-order valence-electron chi connectivity index (χ4n) is 3.64. The number of para-hydroxylation sites is 1. The zero-order chi connectivity index (χ0) is 23.5. The van der Waals surface area contributed by atoms with Crippen molar-refractivity contribution >= 4 is 29.2 Å². The van der Waals surface area contributed by atoms with Gasteiger partial charge in [0, 0.05) is 46.7 Å². The SMILES string of the molecule is CN(C)C(=O)CN1CCN(C(=O)C2=NN(c3ccccc3)[C@H](C(=O)OC(C)(C)C)C2)CC1. The van der Waals surface area contributed by atoms with Gasteiger partial charge in [-0.15, -0.1) is 0 Å². The number of likely N-dealkylation sites (N-methyl/N-ethyl adjacent to an activating group) is 1. The Morgan fingerprint density at radius 2 is 1.69 bits per heavy atom. The molecule has 0 saturated carbocycles. The van der Waals surface area contributed by atoms with E-state index < -0.39 is 17.6 Å². The third-order valence-electron chi connectivity index (χ3n) is 5.37. The van der Waals surface area contributed by atoms with Gasteiger partial charge < -0.3 is 14.5 Å². The maximum absolute atomic E-state index is 13.2. The molecule has 174 valence electrons. The van der Waals surface area contributed by atoms with Crippen molar-refractivity contribution in [2.24, 2.45) is 5.10 Å². The summed E-state index contributed by atoms with van der Waals surface area (Å²) in [4.78, 5) is 43.4. The highest BCUT2D eigenvalue weighted by Gasteiger charge is 2.40. The van der Waals surface area contributed by atoms with E-state index in [1.807, 2.05) is 56.0 Å². The van der Waals surface area contributed by atoms with Crippen molar-refractivity contribution in [2.75, 3.05) is 51.8 Å². The van der Waals surface area contributed by atoms with Gasteiger partial charge in [-0.25, -0.2) is 4.79 Å². The van der Waals surface area contributed by atoms with Gasteiger partial charge in [-0.2, -0.15) is 5.10 Å². The van der Waals surface area contributed by atoms with E-state index in [2.05, 4.69) is 5.10 Å². The third kappa shape index (κ3) is 5.85. The van der Waals surface area contributed by atoms with Crippen molar-refractivity contribution in [3.05, 3.63) is 30.3 Å². The number of hydrogen-bond acceptors (Lipinski definition) is 7. The molecule has 0 bridgehead atoms. The first-order valence-corrected chi connectivity index (χ1v) is 10.9. The van der Waals surface area contributed by atoms with Gasteiger partial charge in [0.05, 0.1) is 12.2 Å². The third-order valence-corrected chi connectivity index (χ3v) is 5.37. The van der Waals surface area contributed by atoms with Crippen molar-refractivity contribution in [1.82, 2.24) is 14.7 Å². The maximum Gasteiger partial charge on any atom is 0.331 e. The molecule has 1 atom stereocenters. The smallest absolute Gasteiger partial charge is 0.331 e. The van der Waals surface area contributed by atoms with Crippen LogP contribution in [0.5, 0.6) is 0 Å². The van der Waals surface area contributed by atoms with Crippen LogP contribution in [-0.2, 0) is 19.1 Å². The molecule has 3 rings (SSSR count). The number of esters is 1. The van der Waals surface area contributed by atoms with Crippen molar-refractivity contribution in [3.8, 4) is 0 Å². The number of hydrogen-bond donors (Lipinski definition) is 0. The molecule has 1 saturated heterocycles. The van der Waals surface area contributed by atoms with Gasteiger partial charge in [0.15, 0.2) is 6.04 Å². The minimum atomic E-state index is -0.686. The fraction of sp³-hybridized carbons (Fsp3) is 0.565. The number of amides is 2. The Labute approximate surface area is 189 Å². The van der Waals surface area contributed by atoms with Crippen molar-refractivity contribution in [1.29, 1.82) is 0 Å². The summed E-state index contributed by atoms with van der Waals surface area (Å²) in [5.74, 6) is -0.529. The van der Waals surface area contributed by atoms with Gasteiger partial charge >= 0.3 is 5.97 Å². The second kappa shape index (κ2) is 9.68. The Hall–Kier alpha value is -2.94. The quantitative estimate of drug-likeness (QED) is 0.636. The monoisotopic (exact) mass is 443 g/mol. The van der Waals surface area contributed by atoms with E-state index in [1.54, 1.807) is 28.9 Å². The molecule has 2 heterocycles. The lowest BCUT2D eigenvalue weighted by atomic mass is 10.1. The summed E-state index contributed by atoms with van der Waals surface area (Å²) in [6.45, 7) is 8.08. The predicted octanol–water partition coefficient (Wildman–Crippen LogP) is 1.20. The van der Waals surface area contributed by atoms with E-state index in [-0.39, 0.29) is 18.2 Å². The molecule has 2 amide bonds. The molecule has 2 aliphatic heterocycles. The molecule has 2 aliphatic rings. The summed E-state index contributed by atoms with van der Waals surface area (Å²) in [7, 11) is 3.47. The molecule has 0 unspecified atom stereocenters. The molecular weight excluding hydrogens is 410 g/mol. The highest BCUT2D eigenvalue weighted by Crippen LogP contribution is 2.27. The molecule has 1 aromatic rings. The van der Waals surface area contributed by atoms with Gasteiger partial charge in [-0.05, 0) is 32.9 Å². The number of benzene rings is 1. The number of carbonyl (C=O) groups excluding carboxylic acids is 3. The summed E-state index contributed by atoms with van der Waals surface area (Å²) in [6.07, 6.45) is 0.196. The molecule has 0 spiro atoms. The topological polar surface area (TPSA) is 85.8 Å². The van der Waals surface area contributed by atoms with Crippen LogP contribution in [0, 0.1) is 0 Å². The molecular formula is C23H33N5O4. The van der Waals surface area contributed by atoms with E-state index in [9.17, 15) is 14.4 Å². The Kier molecular flexibility index (Phi) is 7.18. The lowest BCUT2D eigenvalue weighted by Gasteiger charge is -2.34. The Bertz CT molecular complexity index is 870. The average Bonchev–Trinajstić information content (AvgIpc) is 3.19. The minimum absolute atomic E-state index is 0.0450. The summed E-state index contributed by atoms with van der Waals surface area (Å²) < 4.78 is 5.60. The first-order valence-electron chi connectivity index (χ1n) is 10.9. The summed E-state index contributed by atoms with van der Waals surface area (Å²) >= 11 is 0. The van der Waals surface area contributed by atoms with Crippen molar-refractivity contribution in [3.63, 3.8) is 0 Å². The maximum atomic E-state index is 13.2. The van der Waals surface area contributed by atoms with E-state index in [0.29, 0.717) is 38.4 Å². The molecule has 9 nitrogen and oxygen atoms in total. The van der Waals surface area contributed by atoms with E-state index in [1.165, 1.54) is 0 Å². The Morgan fingerprint density at radius 1 is 1.06 bits per heavy atom. The summed E-state index contributed by atoms with van der Waals surface area (Å²) in [5, 5.41) is 6.13. The second-order valence-electron chi connectivity index (χ2n) is 9.34. The van der Waals surface area contributed by atoms with Crippen LogP contribution in [0.2, 0.25) is 0 Å². The van der Waals surface area contributed by atoms with Crippen LogP contribution in [0.1, 0.15) is 27.2 Å². The lowest BCUT2D eigenvalue weighted by molar-refractivity contribution is -0.156. The van der Waals surface area contributed by atoms with Crippen LogP contribution in [0.25, 0.3) is 0 Å². The lowest BCUT2D eigenvalue weighted by Crippen LogP contribution is -2.52. The molecule has 0 radical (unpaired) electrons. The molecule has 1 fully saturated rings. The number of hydrazone groups is 1. The zero-order valence-corrected chi connectivity index (χ0v) is 19.6. The van der Waals surface area contributed by atoms with Gasteiger partial charge in [-0.1, -0.05) is 18.2 Å². The first-order chi connectivity index (χ1) is 15.0. The summed E-state index contributed by atoms with van der Waals surface area (Å²) in [5.41, 5.74) is 0.452. The number of anilines is 1. The Morgan fingerprint density at radius 3 is 2.25 bits per heavy atom. The number of piperazine rings is 1. The van der Waals surface area contributed by atoms with E-state index in [0.717, 1.165) is 5.69 Å². The highest BCUT2D eigenvalue weighted by atomic mass is 16.6. The molecule has 0 N–H and O–H groups in total. The van der Waals surface area contributed by atoms with Crippen LogP contribution in [0.15, 0.2) is 35.4 Å². The number of rotatable bonds is 5. The van der Waals surface area contributed by atoms with Crippen molar-refractivity contribution < 1.29 is 19.1 Å². The minimum Gasteiger partial charge on any atom is -0.458 e. The summed E-state index contributed by atoms with van der Waals surface area (Å²) in [6, 6.07) is 8.65. The fourth-order valence-corrected chi connectivity index (χ4v) is 3.64. The molecule has 0 aliphatic carbocycles. The molecule has 1 aromatic carbocycles. The van der Waals surface area contributed by atoms with E-state index in [4.69, 9.17) is 4.74 Å². The van der Waals surface area contributed by atoms with Gasteiger partial charge in [0.1, 0.15) is 11.3 Å². The molecule has 0 aromatic heterocycles. The zero-order valence-electron chi connectivity index (χ0n) is 19.6. The van der Waals surface area contributed by atoms with Crippen molar-refractivity contribution in [2.45, 2.75) is 38.8 Å². The van der Waals surface area contributed by atoms with Crippen LogP contribution in [0.4, 0.5) is 5.69 Å². The highest BCUT2D eigenvalue weighted by molar-refractivity contribution is 6.40. The first kappa shape index (κ1) is 23.7. The largest absolute Gasteiger partial charge is 0.458 e. The van der Waals surface area contributed by atoms with Gasteiger partial charge in [-0.3, -0.25) is 19.5 Å². The second-order valence-corrected chi connectivity index (χ2v) is 9.34. The predicted molar refractivity (Wildman–Crippen MR) is 122 cm³/mol. The van der Waals surface area contributed by atoms with Gasteiger partial charge in [0.25, 0.3) is 5.91 Å². The molecule has 32 heavy (non-hydrogen) atoms. The average molecular weight is 444 g/mol. The van der Waals surface area contributed by atoms with Crippen LogP contribution in [0.3, 0.4) is 0 Å². The standard InChI is InChI=1S/C23H33N5O4/c1-23(2,3)32-22(31)19-15-18(24-28(19)17-9-7-6-8-10-17)21(30)27-13-11-26(12-14-27)16-20(29)25(4)5/h6-10,19H,11-16H2,1-5H3/t19-/m0/s1. The number of carbonyl (C=O) groups is 3. The van der Waals surface area contributed by atoms with Crippen LogP contribution < -0.4 is 5.01 Å². The number of ether oxygens (including phenoxy) is 1. The van der Waals surface area contributed by atoms with Crippen LogP contribution >= 0.6 is 0 Å². The number of nitrogens with zero attached hydrogens (tertiary/aromatic N) is 5. The normalized spacial score (nSPS) is 19.5.